The molecule has 21 heavy (non-hydrogen) atoms. The number of nitrogens with one attached hydrogen (secondary N) is 1. The Morgan fingerprint density at radius 3 is 2.76 bits per heavy atom. The number of hydrogen-bond acceptors (Lipinski definition) is 5. The van der Waals surface area contributed by atoms with Gasteiger partial charge in [0.05, 0.1) is 12.3 Å². The molecule has 1 aromatic heterocycles. The van der Waals surface area contributed by atoms with Crippen LogP contribution >= 0.6 is 23.5 Å². The molecule has 2 rings (SSSR count). The molecule has 0 bridgehead atoms. The lowest BCUT2D eigenvalue weighted by atomic mass is 10.0. The van der Waals surface area contributed by atoms with E-state index in [2.05, 4.69) is 46.8 Å². The largest absolute Gasteiger partial charge is 0.489 e. The third-order valence-electron chi connectivity index (χ3n) is 3.60. The molecule has 1 fully saturated rings. The molecule has 2 heterocycles. The monoisotopic (exact) mass is 326 g/mol. The van der Waals surface area contributed by atoms with E-state index in [1.807, 2.05) is 27.1 Å². The molecule has 3 unspecified atom stereocenters. The molecule has 3 atom stereocenters. The summed E-state index contributed by atoms with van der Waals surface area (Å²) in [6, 6.07) is 2.47. The second-order valence-corrected chi connectivity index (χ2v) is 8.17. The molecule has 118 valence electrons. The van der Waals surface area contributed by atoms with Crippen LogP contribution in [0.1, 0.15) is 38.8 Å². The first-order valence-electron chi connectivity index (χ1n) is 7.67. The zero-order valence-corrected chi connectivity index (χ0v) is 15.0. The molecule has 1 N–H and O–H groups in total. The van der Waals surface area contributed by atoms with Gasteiger partial charge in [0.15, 0.2) is 0 Å². The highest BCUT2D eigenvalue weighted by Gasteiger charge is 2.32. The van der Waals surface area contributed by atoms with E-state index in [9.17, 15) is 0 Å². The van der Waals surface area contributed by atoms with Gasteiger partial charge in [-0.1, -0.05) is 6.92 Å². The van der Waals surface area contributed by atoms with Gasteiger partial charge >= 0.3 is 0 Å². The van der Waals surface area contributed by atoms with Gasteiger partial charge in [-0.3, -0.25) is 4.98 Å². The Labute approximate surface area is 137 Å². The predicted molar refractivity (Wildman–Crippen MR) is 94.6 cm³/mol. The van der Waals surface area contributed by atoms with Crippen molar-refractivity contribution in [3.8, 4) is 5.75 Å². The van der Waals surface area contributed by atoms with Crippen molar-refractivity contribution >= 4 is 23.5 Å². The Morgan fingerprint density at radius 1 is 1.33 bits per heavy atom. The minimum atomic E-state index is 0.179. The molecule has 0 aliphatic carbocycles. The van der Waals surface area contributed by atoms with Crippen LogP contribution < -0.4 is 10.1 Å². The third kappa shape index (κ3) is 4.54. The standard InChI is InChI=1S/C16H26N2OS2/c1-5-14-16(21-7-6-20-14)15(17-4)12-8-13(10-18-9-12)19-11(2)3/h8-11,14-17H,5-7H2,1-4H3. The van der Waals surface area contributed by atoms with Crippen LogP contribution in [0.2, 0.25) is 0 Å². The van der Waals surface area contributed by atoms with Gasteiger partial charge in [-0.15, -0.1) is 0 Å². The van der Waals surface area contributed by atoms with Crippen molar-refractivity contribution in [3.05, 3.63) is 24.0 Å². The first-order valence-corrected chi connectivity index (χ1v) is 9.77. The van der Waals surface area contributed by atoms with Gasteiger partial charge in [-0.05, 0) is 38.9 Å². The highest BCUT2D eigenvalue weighted by molar-refractivity contribution is 8.07. The zero-order chi connectivity index (χ0) is 15.2. The molecule has 1 aliphatic heterocycles. The Hall–Kier alpha value is -0.390. The number of rotatable bonds is 6. The number of hydrogen-bond donors (Lipinski definition) is 1. The van der Waals surface area contributed by atoms with Crippen LogP contribution in [0.3, 0.4) is 0 Å². The molecule has 1 aliphatic rings. The summed E-state index contributed by atoms with van der Waals surface area (Å²) in [7, 11) is 2.05. The van der Waals surface area contributed by atoms with Crippen LogP contribution in [0.4, 0.5) is 0 Å². The van der Waals surface area contributed by atoms with Crippen LogP contribution in [-0.4, -0.2) is 40.1 Å². The number of pyridine rings is 1. The predicted octanol–water partition coefficient (Wildman–Crippen LogP) is 3.76. The van der Waals surface area contributed by atoms with E-state index in [4.69, 9.17) is 4.74 Å². The van der Waals surface area contributed by atoms with Gasteiger partial charge in [0.2, 0.25) is 0 Å². The Bertz CT molecular complexity index is 442. The molecular weight excluding hydrogens is 300 g/mol. The van der Waals surface area contributed by atoms with Crippen molar-refractivity contribution in [2.75, 3.05) is 18.6 Å². The maximum absolute atomic E-state index is 5.79. The summed E-state index contributed by atoms with van der Waals surface area (Å²) < 4.78 is 5.79. The summed E-state index contributed by atoms with van der Waals surface area (Å²) in [5, 5.41) is 4.80. The molecule has 0 amide bonds. The van der Waals surface area contributed by atoms with Gasteiger partial charge in [0.25, 0.3) is 0 Å². The van der Waals surface area contributed by atoms with Gasteiger partial charge < -0.3 is 10.1 Å². The van der Waals surface area contributed by atoms with Gasteiger partial charge in [0.1, 0.15) is 5.75 Å². The van der Waals surface area contributed by atoms with E-state index in [1.165, 1.54) is 23.5 Å². The van der Waals surface area contributed by atoms with Crippen molar-refractivity contribution in [2.45, 2.75) is 49.8 Å². The quantitative estimate of drug-likeness (QED) is 0.861. The van der Waals surface area contributed by atoms with Crippen molar-refractivity contribution in [3.63, 3.8) is 0 Å². The molecule has 5 heteroatoms. The lowest BCUT2D eigenvalue weighted by Crippen LogP contribution is -2.37. The van der Waals surface area contributed by atoms with Crippen molar-refractivity contribution in [1.82, 2.24) is 10.3 Å². The number of thioether (sulfide) groups is 2. The van der Waals surface area contributed by atoms with Crippen LogP contribution in [0.5, 0.6) is 5.75 Å². The Morgan fingerprint density at radius 2 is 2.10 bits per heavy atom. The molecule has 1 aromatic rings. The highest BCUT2D eigenvalue weighted by Crippen LogP contribution is 2.40. The lowest BCUT2D eigenvalue weighted by molar-refractivity contribution is 0.241. The molecule has 0 spiro atoms. The molecule has 3 nitrogen and oxygen atoms in total. The molecular formula is C16H26N2OS2. The van der Waals surface area contributed by atoms with Crippen molar-refractivity contribution in [2.24, 2.45) is 0 Å². The maximum Gasteiger partial charge on any atom is 0.138 e. The molecule has 0 radical (unpaired) electrons. The normalized spacial score (nSPS) is 24.0. The van der Waals surface area contributed by atoms with E-state index in [1.54, 1.807) is 6.20 Å². The van der Waals surface area contributed by atoms with Crippen molar-refractivity contribution < 1.29 is 4.74 Å². The zero-order valence-electron chi connectivity index (χ0n) is 13.3. The Balaban J connectivity index is 2.19. The van der Waals surface area contributed by atoms with Crippen molar-refractivity contribution in [1.29, 1.82) is 0 Å². The number of aromatic nitrogens is 1. The van der Waals surface area contributed by atoms with E-state index >= 15 is 0 Å². The fraction of sp³-hybridized carbons (Fsp3) is 0.688. The number of ether oxygens (including phenoxy) is 1. The summed E-state index contributed by atoms with van der Waals surface area (Å²) in [6.45, 7) is 6.38. The van der Waals surface area contributed by atoms with Gasteiger partial charge in [-0.2, -0.15) is 23.5 Å². The second kappa shape index (κ2) is 8.30. The molecule has 0 aromatic carbocycles. The van der Waals surface area contributed by atoms with E-state index < -0.39 is 0 Å². The smallest absolute Gasteiger partial charge is 0.138 e. The fourth-order valence-electron chi connectivity index (χ4n) is 2.71. The van der Waals surface area contributed by atoms with E-state index in [0.717, 1.165) is 5.75 Å². The van der Waals surface area contributed by atoms with Crippen LogP contribution in [-0.2, 0) is 0 Å². The summed E-state index contributed by atoms with van der Waals surface area (Å²) in [6.07, 6.45) is 5.17. The average molecular weight is 327 g/mol. The number of nitrogens with zero attached hydrogens (tertiary/aromatic N) is 1. The summed E-state index contributed by atoms with van der Waals surface area (Å²) in [5.74, 6) is 3.37. The highest BCUT2D eigenvalue weighted by atomic mass is 32.2. The van der Waals surface area contributed by atoms with Gasteiger partial charge in [0, 0.05) is 34.2 Å². The second-order valence-electron chi connectivity index (χ2n) is 5.54. The summed E-state index contributed by atoms with van der Waals surface area (Å²) in [5.41, 5.74) is 1.23. The fourth-order valence-corrected chi connectivity index (χ4v) is 6.00. The maximum atomic E-state index is 5.79. The van der Waals surface area contributed by atoms with E-state index in [-0.39, 0.29) is 6.10 Å². The third-order valence-corrected chi connectivity index (χ3v) is 6.95. The first kappa shape index (κ1) is 17.0. The van der Waals surface area contributed by atoms with Crippen LogP contribution in [0.15, 0.2) is 18.5 Å². The Kier molecular flexibility index (Phi) is 6.71. The molecule has 1 saturated heterocycles. The minimum Gasteiger partial charge on any atom is -0.489 e. The topological polar surface area (TPSA) is 34.2 Å². The first-order chi connectivity index (χ1) is 10.2. The van der Waals surface area contributed by atoms with Crippen LogP contribution in [0.25, 0.3) is 0 Å². The lowest BCUT2D eigenvalue weighted by Gasteiger charge is -2.36. The average Bonchev–Trinajstić information content (AvgIpc) is 2.48. The summed E-state index contributed by atoms with van der Waals surface area (Å²) in [4.78, 5) is 4.37. The SMILES string of the molecule is CCC1SCCSC1C(NC)c1cncc(OC(C)C)c1. The van der Waals surface area contributed by atoms with E-state index in [0.29, 0.717) is 16.5 Å². The minimum absolute atomic E-state index is 0.179. The van der Waals surface area contributed by atoms with Gasteiger partial charge in [-0.25, -0.2) is 0 Å². The van der Waals surface area contributed by atoms with Crippen LogP contribution in [0, 0.1) is 0 Å². The summed E-state index contributed by atoms with van der Waals surface area (Å²) >= 11 is 4.20. The molecule has 0 saturated carbocycles.